The van der Waals surface area contributed by atoms with Gasteiger partial charge in [-0.1, -0.05) is 6.92 Å². The number of rotatable bonds is 10. The first-order valence-corrected chi connectivity index (χ1v) is 12.7. The Balaban J connectivity index is 1.65. The van der Waals surface area contributed by atoms with Crippen LogP contribution < -0.4 is 9.47 Å². The fourth-order valence-electron chi connectivity index (χ4n) is 3.62. The summed E-state index contributed by atoms with van der Waals surface area (Å²) in [6, 6.07) is 11.0. The lowest BCUT2D eigenvalue weighted by Crippen LogP contribution is -2.35. The van der Waals surface area contributed by atoms with E-state index in [9.17, 15) is 4.79 Å². The molecule has 0 spiro atoms. The minimum absolute atomic E-state index is 0.0330. The van der Waals surface area contributed by atoms with Crippen LogP contribution in [0.3, 0.4) is 0 Å². The number of amides is 1. The fourth-order valence-corrected chi connectivity index (χ4v) is 3.62. The van der Waals surface area contributed by atoms with Gasteiger partial charge in [0.05, 0.1) is 19.3 Å². The highest BCUT2D eigenvalue weighted by Gasteiger charge is 2.19. The normalized spacial score (nSPS) is 11.2. The molecule has 0 saturated heterocycles. The lowest BCUT2D eigenvalue weighted by atomic mass is 10.0. The lowest BCUT2D eigenvalue weighted by molar-refractivity contribution is 0.0292. The largest absolute Gasteiger partial charge is 0.502 e. The van der Waals surface area contributed by atoms with Gasteiger partial charge in [-0.15, -0.1) is 10.2 Å². The molecule has 202 valence electrons. The maximum Gasteiger partial charge on any atom is 0.410 e. The number of aromatic nitrogens is 2. The molecule has 0 aliphatic rings. The van der Waals surface area contributed by atoms with Crippen molar-refractivity contribution >= 4 is 11.8 Å². The number of aryl methyl sites for hydroxylation is 1. The maximum absolute atomic E-state index is 12.1. The van der Waals surface area contributed by atoms with Crippen LogP contribution >= 0.6 is 0 Å². The summed E-state index contributed by atoms with van der Waals surface area (Å²) >= 11 is 0. The molecule has 1 heterocycles. The van der Waals surface area contributed by atoms with Gasteiger partial charge in [-0.2, -0.15) is 0 Å². The third-order valence-electron chi connectivity index (χ3n) is 5.41. The van der Waals surface area contributed by atoms with Crippen molar-refractivity contribution in [3.8, 4) is 34.4 Å². The van der Waals surface area contributed by atoms with Crippen LogP contribution in [0.1, 0.15) is 53.5 Å². The molecule has 0 saturated carbocycles. The Morgan fingerprint density at radius 2 is 1.87 bits per heavy atom. The van der Waals surface area contributed by atoms with Gasteiger partial charge in [0.1, 0.15) is 17.1 Å². The summed E-state index contributed by atoms with van der Waals surface area (Å²) < 4.78 is 23.0. The molecular formula is C29H36N4O5. The number of nitrogens with zero attached hydrogens (tertiary/aromatic N) is 4. The molecule has 0 N–H and O–H groups in total. The summed E-state index contributed by atoms with van der Waals surface area (Å²) in [5, 5.41) is 8.45. The van der Waals surface area contributed by atoms with Crippen LogP contribution in [0.15, 0.2) is 40.8 Å². The van der Waals surface area contributed by atoms with Crippen LogP contribution in [0.4, 0.5) is 10.5 Å². The molecular weight excluding hydrogens is 484 g/mol. The average Bonchev–Trinajstić information content (AvgIpc) is 3.35. The molecule has 0 unspecified atom stereocenters. The van der Waals surface area contributed by atoms with E-state index in [1.807, 2.05) is 65.8 Å². The van der Waals surface area contributed by atoms with Crippen LogP contribution in [0.25, 0.3) is 27.8 Å². The fraction of sp³-hybridized carbons (Fsp3) is 0.448. The Kier molecular flexibility index (Phi) is 9.35. The molecule has 1 amide bonds. The third kappa shape index (κ3) is 7.72. The van der Waals surface area contributed by atoms with Crippen LogP contribution in [-0.4, -0.2) is 53.1 Å². The standard InChI is InChI=1S/C29H36N4O5/c1-9-20-17-22(35-16-10-15-33(8)28(34)38-29(4,5)6)12-13-23(20)27-32-31-26(37-27)21-11-14-25(36-19(2)3)24(18-21)30-7/h11-14,17-19H,9-10,15-16H2,1-6,8H3. The SMILES string of the molecule is [C-]#[N+]c1cc(-c2nnc(-c3ccc(OCCCN(C)C(=O)OC(C)(C)C)cc3CC)o2)ccc1OC(C)C. The molecule has 0 atom stereocenters. The van der Waals surface area contributed by atoms with Gasteiger partial charge in [0.2, 0.25) is 17.5 Å². The van der Waals surface area contributed by atoms with E-state index in [1.54, 1.807) is 24.1 Å². The number of carbonyl (C=O) groups excluding carboxylic acids is 1. The lowest BCUT2D eigenvalue weighted by Gasteiger charge is -2.24. The molecule has 9 nitrogen and oxygen atoms in total. The van der Waals surface area contributed by atoms with E-state index in [1.165, 1.54) is 0 Å². The summed E-state index contributed by atoms with van der Waals surface area (Å²) in [6.45, 7) is 19.9. The first kappa shape index (κ1) is 28.5. The first-order valence-electron chi connectivity index (χ1n) is 12.7. The van der Waals surface area contributed by atoms with E-state index in [4.69, 9.17) is 25.2 Å². The third-order valence-corrected chi connectivity index (χ3v) is 5.41. The summed E-state index contributed by atoms with van der Waals surface area (Å²) in [4.78, 5) is 17.2. The summed E-state index contributed by atoms with van der Waals surface area (Å²) in [5.41, 5.74) is 2.36. The molecule has 3 rings (SSSR count). The van der Waals surface area contributed by atoms with Crippen molar-refractivity contribution in [1.29, 1.82) is 0 Å². The molecule has 0 aliphatic heterocycles. The number of hydrogen-bond acceptors (Lipinski definition) is 7. The molecule has 9 heteroatoms. The quantitative estimate of drug-likeness (QED) is 0.211. The van der Waals surface area contributed by atoms with Crippen LogP contribution in [0.2, 0.25) is 0 Å². The second-order valence-corrected chi connectivity index (χ2v) is 10.1. The average molecular weight is 521 g/mol. The van der Waals surface area contributed by atoms with Crippen molar-refractivity contribution in [2.24, 2.45) is 0 Å². The van der Waals surface area contributed by atoms with Gasteiger partial charge in [-0.25, -0.2) is 9.64 Å². The van der Waals surface area contributed by atoms with Crippen molar-refractivity contribution in [2.75, 3.05) is 20.2 Å². The highest BCUT2D eigenvalue weighted by molar-refractivity contribution is 5.69. The number of carbonyl (C=O) groups is 1. The summed E-state index contributed by atoms with van der Waals surface area (Å²) in [6.07, 6.45) is 1.03. The van der Waals surface area contributed by atoms with E-state index in [0.717, 1.165) is 23.3 Å². The van der Waals surface area contributed by atoms with Gasteiger partial charge < -0.3 is 23.5 Å². The van der Waals surface area contributed by atoms with E-state index < -0.39 is 5.60 Å². The Morgan fingerprint density at radius 1 is 1.13 bits per heavy atom. The molecule has 0 bridgehead atoms. The highest BCUT2D eigenvalue weighted by atomic mass is 16.6. The monoisotopic (exact) mass is 520 g/mol. The topological polar surface area (TPSA) is 91.3 Å². The van der Waals surface area contributed by atoms with E-state index in [-0.39, 0.29) is 12.2 Å². The van der Waals surface area contributed by atoms with Gasteiger partial charge in [0.25, 0.3) is 0 Å². The molecule has 0 fully saturated rings. The van der Waals surface area contributed by atoms with Crippen molar-refractivity contribution < 1.29 is 23.4 Å². The second-order valence-electron chi connectivity index (χ2n) is 10.1. The number of hydrogen-bond donors (Lipinski definition) is 0. The van der Waals surface area contributed by atoms with E-state index >= 15 is 0 Å². The summed E-state index contributed by atoms with van der Waals surface area (Å²) in [7, 11) is 1.72. The predicted octanol–water partition coefficient (Wildman–Crippen LogP) is 6.94. The Labute approximate surface area is 224 Å². The van der Waals surface area contributed by atoms with E-state index in [0.29, 0.717) is 48.4 Å². The zero-order valence-corrected chi connectivity index (χ0v) is 23.2. The molecule has 3 aromatic rings. The second kappa shape index (κ2) is 12.5. The van der Waals surface area contributed by atoms with E-state index in [2.05, 4.69) is 15.0 Å². The number of ether oxygens (including phenoxy) is 3. The van der Waals surface area contributed by atoms with Crippen LogP contribution in [0.5, 0.6) is 11.5 Å². The zero-order valence-electron chi connectivity index (χ0n) is 23.2. The van der Waals surface area contributed by atoms with Crippen molar-refractivity contribution in [3.05, 3.63) is 53.4 Å². The smallest absolute Gasteiger partial charge is 0.410 e. The maximum atomic E-state index is 12.1. The van der Waals surface area contributed by atoms with Gasteiger partial charge in [-0.05, 0) is 89.4 Å². The van der Waals surface area contributed by atoms with Gasteiger partial charge >= 0.3 is 6.09 Å². The minimum atomic E-state index is -0.521. The predicted molar refractivity (Wildman–Crippen MR) is 146 cm³/mol. The van der Waals surface area contributed by atoms with Crippen LogP contribution in [-0.2, 0) is 11.2 Å². The van der Waals surface area contributed by atoms with Crippen LogP contribution in [0, 0.1) is 6.57 Å². The van der Waals surface area contributed by atoms with Crippen molar-refractivity contribution in [2.45, 2.75) is 66.1 Å². The molecule has 0 radical (unpaired) electrons. The minimum Gasteiger partial charge on any atom is -0.502 e. The Morgan fingerprint density at radius 3 is 2.53 bits per heavy atom. The molecule has 0 aliphatic carbocycles. The zero-order chi connectivity index (χ0) is 27.9. The number of benzene rings is 2. The molecule has 2 aromatic carbocycles. The van der Waals surface area contributed by atoms with Crippen molar-refractivity contribution in [1.82, 2.24) is 15.1 Å². The summed E-state index contributed by atoms with van der Waals surface area (Å²) in [5.74, 6) is 1.98. The van der Waals surface area contributed by atoms with Gasteiger partial charge in [0.15, 0.2) is 0 Å². The van der Waals surface area contributed by atoms with Gasteiger partial charge in [-0.3, -0.25) is 0 Å². The van der Waals surface area contributed by atoms with Crippen molar-refractivity contribution in [3.63, 3.8) is 0 Å². The molecule has 1 aromatic heterocycles. The highest BCUT2D eigenvalue weighted by Crippen LogP contribution is 2.35. The van der Waals surface area contributed by atoms with Gasteiger partial charge in [0, 0.05) is 24.7 Å². The Bertz CT molecular complexity index is 1290. The first-order chi connectivity index (χ1) is 18.0. The Hall–Kier alpha value is -4.06. The molecule has 38 heavy (non-hydrogen) atoms.